The van der Waals surface area contributed by atoms with Crippen molar-refractivity contribution in [1.82, 2.24) is 19.4 Å². The van der Waals surface area contributed by atoms with E-state index in [1.165, 1.54) is 16.7 Å². The molecule has 8 heteroatoms. The molecule has 0 radical (unpaired) electrons. The first-order valence-corrected chi connectivity index (χ1v) is 10.8. The van der Waals surface area contributed by atoms with Gasteiger partial charge < -0.3 is 4.90 Å². The van der Waals surface area contributed by atoms with E-state index in [1.54, 1.807) is 28.8 Å². The minimum Gasteiger partial charge on any atom is -0.308 e. The largest absolute Gasteiger partial charge is 0.348 e. The number of benzene rings is 1. The molecule has 0 fully saturated rings. The summed E-state index contributed by atoms with van der Waals surface area (Å²) in [6.45, 7) is 1.73. The molecule has 0 N–H and O–H groups in total. The van der Waals surface area contributed by atoms with E-state index < -0.39 is 0 Å². The summed E-state index contributed by atoms with van der Waals surface area (Å²) in [5, 5.41) is 0.750. The molecule has 1 aliphatic heterocycles. The predicted molar refractivity (Wildman–Crippen MR) is 112 cm³/mol. The fourth-order valence-electron chi connectivity index (χ4n) is 3.91. The number of fused-ring (bicyclic) bond motifs is 2. The molecule has 0 saturated carbocycles. The molecule has 2 heterocycles. The zero-order chi connectivity index (χ0) is 20.5. The minimum atomic E-state index is -0.247. The lowest BCUT2D eigenvalue weighted by molar-refractivity contribution is 0.0664. The number of aromatic nitrogens is 2. The molecule has 2 amide bonds. The fourth-order valence-corrected chi connectivity index (χ4v) is 4.92. The van der Waals surface area contributed by atoms with Gasteiger partial charge in [-0.15, -0.1) is 11.8 Å². The summed E-state index contributed by atoms with van der Waals surface area (Å²) in [5.41, 5.74) is 2.96. The maximum Gasteiger partial charge on any atom is 0.348 e. The highest BCUT2D eigenvalue weighted by molar-refractivity contribution is 7.99. The molecule has 7 nitrogen and oxygen atoms in total. The van der Waals surface area contributed by atoms with E-state index in [4.69, 9.17) is 0 Å². The van der Waals surface area contributed by atoms with Gasteiger partial charge in [-0.05, 0) is 45.5 Å². The molecule has 1 aliphatic carbocycles. The van der Waals surface area contributed by atoms with Crippen LogP contribution in [0, 0.1) is 0 Å². The SMILES string of the molecule is CN(C)CCn1c2c(c(SCCN3C(=O)c4ccccc4C3=O)nc1=O)CCC2. The van der Waals surface area contributed by atoms with Crippen LogP contribution in [0.5, 0.6) is 0 Å². The molecule has 0 unspecified atom stereocenters. The van der Waals surface area contributed by atoms with Crippen LogP contribution >= 0.6 is 11.8 Å². The van der Waals surface area contributed by atoms with E-state index in [0.29, 0.717) is 30.0 Å². The lowest BCUT2D eigenvalue weighted by Gasteiger charge is -2.17. The van der Waals surface area contributed by atoms with Crippen molar-refractivity contribution in [3.05, 3.63) is 57.1 Å². The Morgan fingerprint density at radius 3 is 2.38 bits per heavy atom. The van der Waals surface area contributed by atoms with Crippen molar-refractivity contribution < 1.29 is 9.59 Å². The third kappa shape index (κ3) is 3.74. The molecule has 1 aromatic heterocycles. The van der Waals surface area contributed by atoms with Crippen LogP contribution in [0.1, 0.15) is 38.4 Å². The van der Waals surface area contributed by atoms with Gasteiger partial charge in [0.1, 0.15) is 5.03 Å². The molecule has 152 valence electrons. The highest BCUT2D eigenvalue weighted by atomic mass is 32.2. The van der Waals surface area contributed by atoms with Crippen LogP contribution < -0.4 is 5.69 Å². The molecule has 4 rings (SSSR count). The summed E-state index contributed by atoms with van der Waals surface area (Å²) in [7, 11) is 3.98. The Labute approximate surface area is 173 Å². The number of nitrogens with zero attached hydrogens (tertiary/aromatic N) is 4. The molecule has 29 heavy (non-hydrogen) atoms. The first kappa shape index (κ1) is 19.8. The highest BCUT2D eigenvalue weighted by Gasteiger charge is 2.34. The van der Waals surface area contributed by atoms with Gasteiger partial charge in [0.25, 0.3) is 11.8 Å². The number of likely N-dealkylation sites (N-methyl/N-ethyl adjacent to an activating group) is 1. The Morgan fingerprint density at radius 1 is 1.03 bits per heavy atom. The summed E-state index contributed by atoms with van der Waals surface area (Å²) in [6, 6.07) is 6.90. The van der Waals surface area contributed by atoms with Gasteiger partial charge in [0, 0.05) is 36.6 Å². The third-order valence-electron chi connectivity index (χ3n) is 5.40. The lowest BCUT2D eigenvalue weighted by atomic mass is 10.1. The first-order chi connectivity index (χ1) is 14.0. The number of carbonyl (C=O) groups excluding carboxylic acids is 2. The van der Waals surface area contributed by atoms with Crippen LogP contribution in [0.3, 0.4) is 0 Å². The van der Waals surface area contributed by atoms with E-state index in [9.17, 15) is 14.4 Å². The Kier molecular flexibility index (Phi) is 5.56. The summed E-state index contributed by atoms with van der Waals surface area (Å²) < 4.78 is 1.80. The second-order valence-electron chi connectivity index (χ2n) is 7.59. The van der Waals surface area contributed by atoms with Gasteiger partial charge in [0.05, 0.1) is 11.1 Å². The summed E-state index contributed by atoms with van der Waals surface area (Å²) in [6.07, 6.45) is 2.83. The van der Waals surface area contributed by atoms with Crippen molar-refractivity contribution in [2.75, 3.05) is 32.9 Å². The quantitative estimate of drug-likeness (QED) is 0.391. The minimum absolute atomic E-state index is 0.212. The molecule has 0 spiro atoms. The Balaban J connectivity index is 1.47. The Morgan fingerprint density at radius 2 is 1.72 bits per heavy atom. The van der Waals surface area contributed by atoms with Crippen LogP contribution in [0.25, 0.3) is 0 Å². The van der Waals surface area contributed by atoms with Gasteiger partial charge in [0.2, 0.25) is 0 Å². The first-order valence-electron chi connectivity index (χ1n) is 9.82. The molecule has 0 atom stereocenters. The normalized spacial score (nSPS) is 15.3. The highest BCUT2D eigenvalue weighted by Crippen LogP contribution is 2.30. The van der Waals surface area contributed by atoms with Gasteiger partial charge in [0.15, 0.2) is 0 Å². The Hall–Kier alpha value is -2.45. The number of imide groups is 1. The predicted octanol–water partition coefficient (Wildman–Crippen LogP) is 1.68. The van der Waals surface area contributed by atoms with Crippen molar-refractivity contribution >= 4 is 23.6 Å². The van der Waals surface area contributed by atoms with Gasteiger partial charge >= 0.3 is 5.69 Å². The number of rotatable bonds is 7. The van der Waals surface area contributed by atoms with E-state index in [-0.39, 0.29) is 17.5 Å². The van der Waals surface area contributed by atoms with Crippen LogP contribution in [0.4, 0.5) is 0 Å². The van der Waals surface area contributed by atoms with Crippen molar-refractivity contribution in [1.29, 1.82) is 0 Å². The Bertz CT molecular complexity index is 996. The fraction of sp³-hybridized carbons (Fsp3) is 0.429. The number of amides is 2. The molecule has 2 aliphatic rings. The van der Waals surface area contributed by atoms with Crippen LogP contribution in [-0.2, 0) is 19.4 Å². The molecular weight excluding hydrogens is 388 g/mol. The van der Waals surface area contributed by atoms with E-state index in [2.05, 4.69) is 9.88 Å². The van der Waals surface area contributed by atoms with Crippen molar-refractivity contribution in [2.24, 2.45) is 0 Å². The van der Waals surface area contributed by atoms with E-state index in [1.807, 2.05) is 14.1 Å². The van der Waals surface area contributed by atoms with Crippen molar-refractivity contribution in [3.63, 3.8) is 0 Å². The molecule has 0 bridgehead atoms. The molecule has 2 aromatic rings. The number of thioether (sulfide) groups is 1. The number of hydrogen-bond acceptors (Lipinski definition) is 6. The van der Waals surface area contributed by atoms with Gasteiger partial charge in [-0.3, -0.25) is 19.1 Å². The summed E-state index contributed by atoms with van der Waals surface area (Å²) in [4.78, 5) is 45.2. The lowest BCUT2D eigenvalue weighted by Crippen LogP contribution is -2.32. The van der Waals surface area contributed by atoms with E-state index in [0.717, 1.165) is 42.1 Å². The smallest absolute Gasteiger partial charge is 0.308 e. The monoisotopic (exact) mass is 412 g/mol. The standard InChI is InChI=1S/C21H24N4O3S/c1-23(2)10-11-24-17-9-5-8-16(17)18(22-21(24)28)29-13-12-25-19(26)14-6-3-4-7-15(14)20(25)27/h3-4,6-7H,5,8-13H2,1-2H3. The maximum atomic E-state index is 12.6. The van der Waals surface area contributed by atoms with Crippen LogP contribution in [0.2, 0.25) is 0 Å². The number of carbonyl (C=O) groups is 2. The molecular formula is C21H24N4O3S. The zero-order valence-electron chi connectivity index (χ0n) is 16.7. The average molecular weight is 413 g/mol. The van der Waals surface area contributed by atoms with Crippen molar-refractivity contribution in [3.8, 4) is 0 Å². The van der Waals surface area contributed by atoms with Gasteiger partial charge in [-0.1, -0.05) is 12.1 Å². The molecule has 0 saturated heterocycles. The van der Waals surface area contributed by atoms with Gasteiger partial charge in [-0.25, -0.2) is 4.79 Å². The second-order valence-corrected chi connectivity index (χ2v) is 8.67. The third-order valence-corrected chi connectivity index (χ3v) is 6.40. The average Bonchev–Trinajstić information content (AvgIpc) is 3.27. The topological polar surface area (TPSA) is 75.5 Å². The summed E-state index contributed by atoms with van der Waals surface area (Å²) in [5.74, 6) is 0.0264. The number of hydrogen-bond donors (Lipinski definition) is 0. The van der Waals surface area contributed by atoms with Gasteiger partial charge in [-0.2, -0.15) is 4.98 Å². The maximum absolute atomic E-state index is 12.6. The second kappa shape index (κ2) is 8.12. The van der Waals surface area contributed by atoms with E-state index >= 15 is 0 Å². The van der Waals surface area contributed by atoms with Crippen LogP contribution in [-0.4, -0.2) is 64.1 Å². The van der Waals surface area contributed by atoms with Crippen molar-refractivity contribution in [2.45, 2.75) is 30.8 Å². The summed E-state index contributed by atoms with van der Waals surface area (Å²) >= 11 is 1.46. The van der Waals surface area contributed by atoms with Crippen LogP contribution in [0.15, 0.2) is 34.1 Å². The zero-order valence-corrected chi connectivity index (χ0v) is 17.5. The molecule has 1 aromatic carbocycles.